The molecule has 0 saturated heterocycles. The smallest absolute Gasteiger partial charge is 0.0625 e. The zero-order chi connectivity index (χ0) is 14.3. The van der Waals surface area contributed by atoms with Crippen molar-refractivity contribution >= 4 is 0 Å². The average Bonchev–Trinajstić information content (AvgIpc) is 2.84. The summed E-state index contributed by atoms with van der Waals surface area (Å²) in [6, 6.07) is 3.34. The van der Waals surface area contributed by atoms with E-state index >= 15 is 0 Å². The van der Waals surface area contributed by atoms with Crippen molar-refractivity contribution in [1.82, 2.24) is 15.1 Å². The van der Waals surface area contributed by atoms with Crippen LogP contribution in [-0.4, -0.2) is 22.4 Å². The minimum absolute atomic E-state index is 0.559. The lowest BCUT2D eigenvalue weighted by Gasteiger charge is -2.21. The van der Waals surface area contributed by atoms with Crippen LogP contribution in [0.25, 0.3) is 0 Å². The van der Waals surface area contributed by atoms with Crippen LogP contribution in [0, 0.1) is 5.92 Å². The molecule has 0 spiro atoms. The molecular weight excluding hydrogens is 234 g/mol. The number of nitrogens with zero attached hydrogens (tertiary/aromatic N) is 2. The Morgan fingerprint density at radius 2 is 1.89 bits per heavy atom. The molecule has 0 fully saturated rings. The maximum absolute atomic E-state index is 4.73. The van der Waals surface area contributed by atoms with E-state index in [0.717, 1.165) is 25.8 Å². The first-order valence-electron chi connectivity index (χ1n) is 7.89. The molecule has 0 aliphatic carbocycles. The first-order valence-corrected chi connectivity index (χ1v) is 7.89. The van der Waals surface area contributed by atoms with Crippen LogP contribution < -0.4 is 5.32 Å². The van der Waals surface area contributed by atoms with E-state index in [1.807, 2.05) is 0 Å². The topological polar surface area (TPSA) is 29.9 Å². The molecule has 1 aromatic heterocycles. The quantitative estimate of drug-likeness (QED) is 0.736. The molecule has 1 unspecified atom stereocenters. The molecule has 0 saturated carbocycles. The maximum Gasteiger partial charge on any atom is 0.0625 e. The molecule has 0 amide bonds. The highest BCUT2D eigenvalue weighted by Crippen LogP contribution is 2.16. The van der Waals surface area contributed by atoms with Gasteiger partial charge in [-0.05, 0) is 44.2 Å². The van der Waals surface area contributed by atoms with Crippen molar-refractivity contribution in [2.24, 2.45) is 5.92 Å². The Morgan fingerprint density at radius 3 is 2.42 bits per heavy atom. The van der Waals surface area contributed by atoms with Crippen LogP contribution in [0.3, 0.4) is 0 Å². The normalized spacial score (nSPS) is 13.4. The number of nitrogens with one attached hydrogen (secondary N) is 1. The number of aryl methyl sites for hydroxylation is 1. The number of aromatic nitrogens is 2. The van der Waals surface area contributed by atoms with E-state index in [1.165, 1.54) is 12.1 Å². The molecular formula is C16H31N3. The summed E-state index contributed by atoms with van der Waals surface area (Å²) < 4.78 is 2.15. The first kappa shape index (κ1) is 16.2. The molecule has 1 aromatic rings. The summed E-state index contributed by atoms with van der Waals surface area (Å²) in [5.74, 6) is 0.682. The van der Waals surface area contributed by atoms with Gasteiger partial charge in [0.1, 0.15) is 0 Å². The lowest BCUT2D eigenvalue weighted by Crippen LogP contribution is -2.34. The molecule has 1 heterocycles. The van der Waals surface area contributed by atoms with Crippen LogP contribution in [0.1, 0.15) is 65.6 Å². The number of hydrogen-bond acceptors (Lipinski definition) is 2. The van der Waals surface area contributed by atoms with Crippen LogP contribution in [0.2, 0.25) is 0 Å². The van der Waals surface area contributed by atoms with E-state index < -0.39 is 0 Å². The highest BCUT2D eigenvalue weighted by atomic mass is 15.3. The first-order chi connectivity index (χ1) is 9.12. The van der Waals surface area contributed by atoms with Gasteiger partial charge in [0.15, 0.2) is 0 Å². The predicted octanol–water partition coefficient (Wildman–Crippen LogP) is 3.81. The molecule has 19 heavy (non-hydrogen) atoms. The van der Waals surface area contributed by atoms with E-state index in [2.05, 4.69) is 56.9 Å². The third kappa shape index (κ3) is 4.98. The molecule has 0 radical (unpaired) electrons. The van der Waals surface area contributed by atoms with Crippen LogP contribution in [-0.2, 0) is 6.42 Å². The Bertz CT molecular complexity index is 340. The van der Waals surface area contributed by atoms with E-state index in [4.69, 9.17) is 5.10 Å². The highest BCUT2D eigenvalue weighted by Gasteiger charge is 2.13. The molecule has 3 heteroatoms. The van der Waals surface area contributed by atoms with Gasteiger partial charge in [0.2, 0.25) is 0 Å². The zero-order valence-corrected chi connectivity index (χ0v) is 13.3. The molecule has 1 N–H and O–H groups in total. The van der Waals surface area contributed by atoms with Crippen molar-refractivity contribution < 1.29 is 0 Å². The minimum Gasteiger partial charge on any atom is -0.314 e. The Morgan fingerprint density at radius 1 is 1.21 bits per heavy atom. The van der Waals surface area contributed by atoms with Crippen molar-refractivity contribution in [3.8, 4) is 0 Å². The van der Waals surface area contributed by atoms with Gasteiger partial charge < -0.3 is 5.32 Å². The van der Waals surface area contributed by atoms with E-state index in [9.17, 15) is 0 Å². The van der Waals surface area contributed by atoms with Gasteiger partial charge in [-0.1, -0.05) is 34.6 Å². The van der Waals surface area contributed by atoms with Gasteiger partial charge in [-0.3, -0.25) is 4.68 Å². The van der Waals surface area contributed by atoms with Gasteiger partial charge in [-0.15, -0.1) is 0 Å². The third-order valence-electron chi connectivity index (χ3n) is 3.96. The summed E-state index contributed by atoms with van der Waals surface area (Å²) in [7, 11) is 0. The fraction of sp³-hybridized carbons (Fsp3) is 0.812. The van der Waals surface area contributed by atoms with Crippen LogP contribution in [0.15, 0.2) is 12.3 Å². The fourth-order valence-electron chi connectivity index (χ4n) is 2.61. The zero-order valence-electron chi connectivity index (χ0n) is 13.3. The van der Waals surface area contributed by atoms with E-state index in [0.29, 0.717) is 18.0 Å². The van der Waals surface area contributed by atoms with E-state index in [-0.39, 0.29) is 0 Å². The minimum atomic E-state index is 0.559. The lowest BCUT2D eigenvalue weighted by molar-refractivity contribution is 0.381. The summed E-state index contributed by atoms with van der Waals surface area (Å²) in [5.41, 5.74) is 1.23. The summed E-state index contributed by atoms with van der Waals surface area (Å²) in [4.78, 5) is 0. The second-order valence-electron chi connectivity index (χ2n) is 5.70. The molecule has 3 nitrogen and oxygen atoms in total. The van der Waals surface area contributed by atoms with E-state index in [1.54, 1.807) is 0 Å². The van der Waals surface area contributed by atoms with Crippen LogP contribution in [0.4, 0.5) is 0 Å². The molecule has 0 aromatic carbocycles. The van der Waals surface area contributed by atoms with Gasteiger partial charge >= 0.3 is 0 Å². The molecule has 0 aliphatic rings. The molecule has 0 aliphatic heterocycles. The second kappa shape index (κ2) is 8.36. The third-order valence-corrected chi connectivity index (χ3v) is 3.96. The largest absolute Gasteiger partial charge is 0.314 e. The van der Waals surface area contributed by atoms with Crippen LogP contribution >= 0.6 is 0 Å². The predicted molar refractivity (Wildman–Crippen MR) is 82.5 cm³/mol. The second-order valence-corrected chi connectivity index (χ2v) is 5.70. The highest BCUT2D eigenvalue weighted by molar-refractivity contribution is 5.00. The number of rotatable bonds is 9. The van der Waals surface area contributed by atoms with Crippen LogP contribution in [0.5, 0.6) is 0 Å². The van der Waals surface area contributed by atoms with Crippen molar-refractivity contribution in [1.29, 1.82) is 0 Å². The van der Waals surface area contributed by atoms with Gasteiger partial charge in [0, 0.05) is 12.2 Å². The standard InChI is InChI=1S/C16H31N3/c1-6-15(7-2)19-12-11-14(18-19)9-10-16(13(4)5)17-8-3/h11-13,15-17H,6-10H2,1-5H3. The van der Waals surface area contributed by atoms with Gasteiger partial charge in [-0.25, -0.2) is 0 Å². The average molecular weight is 265 g/mol. The molecule has 0 bridgehead atoms. The molecule has 1 atom stereocenters. The maximum atomic E-state index is 4.73. The summed E-state index contributed by atoms with van der Waals surface area (Å²) in [6.07, 6.45) is 6.70. The summed E-state index contributed by atoms with van der Waals surface area (Å²) >= 11 is 0. The molecule has 1 rings (SSSR count). The number of hydrogen-bond donors (Lipinski definition) is 1. The van der Waals surface area contributed by atoms with Gasteiger partial charge in [-0.2, -0.15) is 5.10 Å². The SMILES string of the molecule is CCNC(CCc1ccn(C(CC)CC)n1)C(C)C. The Labute approximate surface area is 118 Å². The fourth-order valence-corrected chi connectivity index (χ4v) is 2.61. The van der Waals surface area contributed by atoms with Gasteiger partial charge in [0.25, 0.3) is 0 Å². The summed E-state index contributed by atoms with van der Waals surface area (Å²) in [6.45, 7) is 12.3. The van der Waals surface area contributed by atoms with Crippen molar-refractivity contribution in [2.75, 3.05) is 6.54 Å². The van der Waals surface area contributed by atoms with Crippen molar-refractivity contribution in [2.45, 2.75) is 72.4 Å². The Hall–Kier alpha value is -0.830. The van der Waals surface area contributed by atoms with Gasteiger partial charge in [0.05, 0.1) is 11.7 Å². The molecule has 110 valence electrons. The van der Waals surface area contributed by atoms with Crippen molar-refractivity contribution in [3.05, 3.63) is 18.0 Å². The monoisotopic (exact) mass is 265 g/mol. The Balaban J connectivity index is 2.53. The van der Waals surface area contributed by atoms with Crippen molar-refractivity contribution in [3.63, 3.8) is 0 Å². The lowest BCUT2D eigenvalue weighted by atomic mass is 9.98. The summed E-state index contributed by atoms with van der Waals surface area (Å²) in [5, 5.41) is 8.30. The Kier molecular flexibility index (Phi) is 7.14.